The zero-order chi connectivity index (χ0) is 32.4. The van der Waals surface area contributed by atoms with Crippen LogP contribution in [0, 0.1) is 0 Å². The molecule has 0 bridgehead atoms. The highest BCUT2D eigenvalue weighted by Crippen LogP contribution is 2.33. The third kappa shape index (κ3) is 7.06. The molecule has 3 aromatic carbocycles. The number of ether oxygens (including phenoxy) is 3. The summed E-state index contributed by atoms with van der Waals surface area (Å²) < 4.78 is 22.6. The van der Waals surface area contributed by atoms with Crippen LogP contribution in [0.3, 0.4) is 0 Å². The van der Waals surface area contributed by atoms with Crippen molar-refractivity contribution in [1.82, 2.24) is 9.80 Å². The van der Waals surface area contributed by atoms with Gasteiger partial charge in [0.1, 0.15) is 12.1 Å². The van der Waals surface area contributed by atoms with E-state index in [-0.39, 0.29) is 61.7 Å². The van der Waals surface area contributed by atoms with Gasteiger partial charge >= 0.3 is 0 Å². The molecule has 0 aliphatic carbocycles. The first kappa shape index (κ1) is 31.6. The summed E-state index contributed by atoms with van der Waals surface area (Å²) in [5.41, 5.74) is 2.73. The Kier molecular flexibility index (Phi) is 9.06. The monoisotopic (exact) mass is 644 g/mol. The van der Waals surface area contributed by atoms with Crippen LogP contribution in [-0.2, 0) is 28.0 Å². The summed E-state index contributed by atoms with van der Waals surface area (Å²) >= 11 is 6.18. The van der Waals surface area contributed by atoms with Gasteiger partial charge in [0, 0.05) is 30.3 Å². The molecule has 0 radical (unpaired) electrons. The zero-order valence-corrected chi connectivity index (χ0v) is 27.0. The van der Waals surface area contributed by atoms with Gasteiger partial charge in [0.25, 0.3) is 5.91 Å². The van der Waals surface area contributed by atoms with Crippen LogP contribution in [0.25, 0.3) is 11.0 Å². The molecule has 1 atom stereocenters. The van der Waals surface area contributed by atoms with Gasteiger partial charge in [-0.15, -0.1) is 0 Å². The lowest BCUT2D eigenvalue weighted by molar-refractivity contribution is -0.133. The number of amides is 2. The van der Waals surface area contributed by atoms with Crippen LogP contribution in [0.5, 0.6) is 11.5 Å². The number of fused-ring (bicyclic) bond motifs is 2. The lowest BCUT2D eigenvalue weighted by atomic mass is 9.86. The van der Waals surface area contributed by atoms with Crippen molar-refractivity contribution in [3.05, 3.63) is 104 Å². The van der Waals surface area contributed by atoms with E-state index in [1.807, 2.05) is 36.4 Å². The molecule has 2 aliphatic heterocycles. The summed E-state index contributed by atoms with van der Waals surface area (Å²) in [5, 5.41) is 0.735. The van der Waals surface area contributed by atoms with Crippen molar-refractivity contribution >= 4 is 34.4 Å². The van der Waals surface area contributed by atoms with E-state index in [2.05, 4.69) is 20.8 Å². The van der Waals surface area contributed by atoms with Crippen molar-refractivity contribution in [2.75, 3.05) is 26.5 Å². The van der Waals surface area contributed by atoms with Crippen molar-refractivity contribution in [3.8, 4) is 11.5 Å². The fourth-order valence-electron chi connectivity index (χ4n) is 5.76. The molecule has 0 saturated carbocycles. The second-order valence-electron chi connectivity index (χ2n) is 12.8. The number of hydrogen-bond donors (Lipinski definition) is 0. The third-order valence-corrected chi connectivity index (χ3v) is 8.62. The van der Waals surface area contributed by atoms with Crippen molar-refractivity contribution < 1.29 is 28.2 Å². The average Bonchev–Trinajstić information content (AvgIpc) is 3.73. The van der Waals surface area contributed by atoms with Crippen LogP contribution < -0.4 is 14.9 Å². The van der Waals surface area contributed by atoms with Crippen molar-refractivity contribution in [1.29, 1.82) is 0 Å². The van der Waals surface area contributed by atoms with Crippen molar-refractivity contribution in [2.45, 2.75) is 58.2 Å². The molecule has 240 valence electrons. The quantitative estimate of drug-likeness (QED) is 0.210. The first-order chi connectivity index (χ1) is 22.0. The molecule has 3 heterocycles. The highest BCUT2D eigenvalue weighted by molar-refractivity contribution is 6.31. The van der Waals surface area contributed by atoms with Gasteiger partial charge in [0.05, 0.1) is 29.9 Å². The Morgan fingerprint density at radius 1 is 0.935 bits per heavy atom. The highest BCUT2D eigenvalue weighted by Gasteiger charge is 2.28. The Hall–Kier alpha value is -4.34. The summed E-state index contributed by atoms with van der Waals surface area (Å²) in [6, 6.07) is 17.8. The molecule has 0 N–H and O–H groups in total. The largest absolute Gasteiger partial charge is 0.464 e. The lowest BCUT2D eigenvalue weighted by Crippen LogP contribution is -2.45. The van der Waals surface area contributed by atoms with Crippen LogP contribution in [0.2, 0.25) is 5.02 Å². The minimum Gasteiger partial charge on any atom is -0.464 e. The number of hydrogen-bond acceptors (Lipinski definition) is 7. The molecule has 6 rings (SSSR count). The van der Waals surface area contributed by atoms with E-state index in [4.69, 9.17) is 30.2 Å². The smallest absolute Gasteiger partial charge is 0.254 e. The topological polar surface area (TPSA) is 98.5 Å². The molecule has 46 heavy (non-hydrogen) atoms. The van der Waals surface area contributed by atoms with Gasteiger partial charge in [0.2, 0.25) is 12.7 Å². The summed E-state index contributed by atoms with van der Waals surface area (Å²) in [6.45, 7) is 7.29. The summed E-state index contributed by atoms with van der Waals surface area (Å²) in [5.74, 6) is 0.617. The Balaban J connectivity index is 1.30. The normalized spacial score (nSPS) is 15.7. The van der Waals surface area contributed by atoms with E-state index in [0.29, 0.717) is 45.2 Å². The Bertz CT molecular complexity index is 1810. The highest BCUT2D eigenvalue weighted by atomic mass is 35.5. The van der Waals surface area contributed by atoms with Crippen LogP contribution >= 0.6 is 11.6 Å². The van der Waals surface area contributed by atoms with Crippen molar-refractivity contribution in [3.63, 3.8) is 0 Å². The number of carbonyl (C=O) groups excluding carboxylic acids is 2. The Morgan fingerprint density at radius 3 is 2.46 bits per heavy atom. The SMILES string of the molecule is CC(C)(C)c1ccc(C(=O)N(CC(=O)N(Cc2ccc3c(c2)OCO3)Cc2coc3ccc(Cl)cc3c2=O)CC2CCCO2)cc1. The lowest BCUT2D eigenvalue weighted by Gasteiger charge is -2.29. The number of halogens is 1. The first-order valence-electron chi connectivity index (χ1n) is 15.4. The maximum atomic E-state index is 14.2. The van der Waals surface area contributed by atoms with E-state index >= 15 is 0 Å². The maximum absolute atomic E-state index is 14.2. The van der Waals surface area contributed by atoms with Crippen LogP contribution in [0.1, 0.15) is 60.7 Å². The van der Waals surface area contributed by atoms with Gasteiger partial charge in [-0.25, -0.2) is 0 Å². The Labute approximate surface area is 272 Å². The number of nitrogens with zero attached hydrogens (tertiary/aromatic N) is 2. The zero-order valence-electron chi connectivity index (χ0n) is 26.2. The summed E-state index contributed by atoms with van der Waals surface area (Å²) in [4.78, 5) is 44.7. The first-order valence-corrected chi connectivity index (χ1v) is 15.8. The summed E-state index contributed by atoms with van der Waals surface area (Å²) in [7, 11) is 0. The second-order valence-corrected chi connectivity index (χ2v) is 13.3. The molecular weight excluding hydrogens is 608 g/mol. The molecule has 1 unspecified atom stereocenters. The van der Waals surface area contributed by atoms with Gasteiger partial charge in [-0.05, 0) is 71.8 Å². The minimum absolute atomic E-state index is 0.0414. The van der Waals surface area contributed by atoms with Gasteiger partial charge in [-0.1, -0.05) is 50.6 Å². The van der Waals surface area contributed by atoms with E-state index < -0.39 is 0 Å². The van der Waals surface area contributed by atoms with Crippen LogP contribution in [0.4, 0.5) is 0 Å². The van der Waals surface area contributed by atoms with Gasteiger partial charge in [-0.2, -0.15) is 0 Å². The molecule has 2 aliphatic rings. The van der Waals surface area contributed by atoms with E-state index in [0.717, 1.165) is 24.0 Å². The molecule has 2 amide bonds. The molecule has 1 aromatic heterocycles. The van der Waals surface area contributed by atoms with Gasteiger partial charge in [-0.3, -0.25) is 14.4 Å². The Morgan fingerprint density at radius 2 is 1.72 bits per heavy atom. The number of rotatable bonds is 9. The average molecular weight is 645 g/mol. The fraction of sp³-hybridized carbons (Fsp3) is 0.361. The maximum Gasteiger partial charge on any atom is 0.254 e. The molecule has 0 spiro atoms. The summed E-state index contributed by atoms with van der Waals surface area (Å²) in [6.07, 6.45) is 2.93. The standard InChI is InChI=1S/C36H37ClN2O7/c1-36(2,3)26-9-7-24(8-10-26)35(42)39(19-28-5-4-14-43-28)20-33(40)38(17-23-6-12-31-32(15-23)46-22-45-31)18-25-21-44-30-13-11-27(37)16-29(30)34(25)41/h6-13,15-16,21,28H,4-5,14,17-20,22H2,1-3H3. The third-order valence-electron chi connectivity index (χ3n) is 8.39. The fourth-order valence-corrected chi connectivity index (χ4v) is 5.93. The predicted molar refractivity (Wildman–Crippen MR) is 174 cm³/mol. The predicted octanol–water partition coefficient (Wildman–Crippen LogP) is 6.32. The van der Waals surface area contributed by atoms with Crippen LogP contribution in [-0.4, -0.2) is 54.2 Å². The number of benzene rings is 3. The minimum atomic E-state index is -0.332. The van der Waals surface area contributed by atoms with Gasteiger partial charge < -0.3 is 28.4 Å². The molecule has 9 nitrogen and oxygen atoms in total. The van der Waals surface area contributed by atoms with E-state index in [1.54, 1.807) is 34.1 Å². The van der Waals surface area contributed by atoms with Crippen LogP contribution in [0.15, 0.2) is 76.1 Å². The molecule has 1 fully saturated rings. The van der Waals surface area contributed by atoms with Gasteiger partial charge in [0.15, 0.2) is 16.9 Å². The number of carbonyl (C=O) groups is 2. The molecular formula is C36H37ClN2O7. The molecule has 1 saturated heterocycles. The van der Waals surface area contributed by atoms with E-state index in [1.165, 1.54) is 6.26 Å². The van der Waals surface area contributed by atoms with Crippen molar-refractivity contribution in [2.24, 2.45) is 0 Å². The molecule has 10 heteroatoms. The molecule has 4 aromatic rings. The van der Waals surface area contributed by atoms with E-state index in [9.17, 15) is 14.4 Å². The second kappa shape index (κ2) is 13.2.